The Balaban J connectivity index is 0.000000463. The predicted molar refractivity (Wildman–Crippen MR) is 92.8 cm³/mol. The highest BCUT2D eigenvalue weighted by atomic mass is 32.2. The van der Waals surface area contributed by atoms with Gasteiger partial charge in [0, 0.05) is 16.2 Å². The van der Waals surface area contributed by atoms with Crippen LogP contribution in [-0.4, -0.2) is 36.8 Å². The van der Waals surface area contributed by atoms with Crippen LogP contribution in [0.25, 0.3) is 6.08 Å². The number of thioether (sulfide) groups is 1. The highest BCUT2D eigenvalue weighted by molar-refractivity contribution is 7.99. The molecule has 23 heavy (non-hydrogen) atoms. The first kappa shape index (κ1) is 19.2. The van der Waals surface area contributed by atoms with E-state index in [1.165, 1.54) is 10.5 Å². The first-order chi connectivity index (χ1) is 10.6. The molecule has 5 N–H and O–H groups in total. The van der Waals surface area contributed by atoms with Gasteiger partial charge in [-0.05, 0) is 30.5 Å². The zero-order valence-corrected chi connectivity index (χ0v) is 14.4. The average Bonchev–Trinajstić information content (AvgIpc) is 2.59. The molecular formula is C14H19N3O4S2. The van der Waals surface area contributed by atoms with Crippen LogP contribution in [0.2, 0.25) is 0 Å². The van der Waals surface area contributed by atoms with E-state index < -0.39 is 10.1 Å². The number of amides is 1. The molecule has 1 amide bonds. The number of nitrogens with zero attached hydrogens (tertiary/aromatic N) is 1. The summed E-state index contributed by atoms with van der Waals surface area (Å²) in [5.74, 6) is 0.322. The number of aliphatic imine (C=N–C) groups is 1. The van der Waals surface area contributed by atoms with E-state index in [1.54, 1.807) is 11.8 Å². The van der Waals surface area contributed by atoms with E-state index in [4.69, 9.17) is 16.0 Å². The van der Waals surface area contributed by atoms with E-state index >= 15 is 0 Å². The van der Waals surface area contributed by atoms with Crippen LogP contribution < -0.4 is 11.5 Å². The summed E-state index contributed by atoms with van der Waals surface area (Å²) < 4.78 is 25.9. The van der Waals surface area contributed by atoms with Crippen LogP contribution in [0.3, 0.4) is 0 Å². The minimum Gasteiger partial charge on any atom is -0.370 e. The molecular weight excluding hydrogens is 338 g/mol. The van der Waals surface area contributed by atoms with Gasteiger partial charge in [0.05, 0.1) is 6.26 Å². The van der Waals surface area contributed by atoms with Gasteiger partial charge in [0.25, 0.3) is 16.0 Å². The molecule has 0 unspecified atom stereocenters. The van der Waals surface area contributed by atoms with E-state index in [1.807, 2.05) is 18.2 Å². The summed E-state index contributed by atoms with van der Waals surface area (Å²) in [6.45, 7) is 2.07. The largest absolute Gasteiger partial charge is 0.370 e. The Bertz CT molecular complexity index is 743. The van der Waals surface area contributed by atoms with Crippen LogP contribution in [0.15, 0.2) is 33.7 Å². The SMILES string of the molecule is CS(=O)(=O)O.Cc1cccc2c1SCCC(C(=O)N=C(N)N)=C2. The van der Waals surface area contributed by atoms with Crippen LogP contribution in [0.4, 0.5) is 0 Å². The van der Waals surface area contributed by atoms with Crippen LogP contribution in [-0.2, 0) is 14.9 Å². The lowest BCUT2D eigenvalue weighted by atomic mass is 10.1. The molecule has 1 aromatic carbocycles. The lowest BCUT2D eigenvalue weighted by Gasteiger charge is -2.05. The van der Waals surface area contributed by atoms with Crippen molar-refractivity contribution in [3.63, 3.8) is 0 Å². The maximum Gasteiger partial charge on any atom is 0.276 e. The van der Waals surface area contributed by atoms with Crippen LogP contribution in [0.5, 0.6) is 0 Å². The van der Waals surface area contributed by atoms with Gasteiger partial charge in [0.15, 0.2) is 5.96 Å². The van der Waals surface area contributed by atoms with Crippen LogP contribution >= 0.6 is 11.8 Å². The second kappa shape index (κ2) is 8.14. The number of carbonyl (C=O) groups excluding carboxylic acids is 1. The number of guanidine groups is 1. The smallest absolute Gasteiger partial charge is 0.276 e. The summed E-state index contributed by atoms with van der Waals surface area (Å²) in [6.07, 6.45) is 3.28. The third-order valence-electron chi connectivity index (χ3n) is 2.70. The van der Waals surface area contributed by atoms with Crippen molar-refractivity contribution in [2.45, 2.75) is 18.2 Å². The van der Waals surface area contributed by atoms with Crippen LogP contribution in [0, 0.1) is 6.92 Å². The van der Waals surface area contributed by atoms with E-state index in [9.17, 15) is 13.2 Å². The second-order valence-electron chi connectivity index (χ2n) is 4.84. The molecule has 0 aliphatic carbocycles. The summed E-state index contributed by atoms with van der Waals surface area (Å²) in [6, 6.07) is 6.06. The summed E-state index contributed by atoms with van der Waals surface area (Å²) in [5.41, 5.74) is 13.4. The zero-order valence-electron chi connectivity index (χ0n) is 12.8. The molecule has 0 fully saturated rings. The Labute approximate surface area is 139 Å². The van der Waals surface area contributed by atoms with Crippen molar-refractivity contribution in [3.8, 4) is 0 Å². The van der Waals surface area contributed by atoms with Gasteiger partial charge in [0.1, 0.15) is 0 Å². The number of fused-ring (bicyclic) bond motifs is 1. The molecule has 1 aliphatic heterocycles. The third kappa shape index (κ3) is 7.31. The Hall–Kier alpha value is -1.84. The quantitative estimate of drug-likeness (QED) is 0.390. The standard InChI is InChI=1S/C13H15N3OS.CH4O3S/c1-8-3-2-4-9-7-10(5-6-18-11(8)9)12(17)16-13(14)15;1-5(2,3)4/h2-4,7H,5-6H2,1H3,(H4,14,15,16,17);1H3,(H,2,3,4). The molecule has 0 saturated carbocycles. The minimum absolute atomic E-state index is 0.192. The number of aryl methyl sites for hydroxylation is 1. The van der Waals surface area contributed by atoms with E-state index in [2.05, 4.69) is 18.0 Å². The number of benzene rings is 1. The molecule has 9 heteroatoms. The Morgan fingerprint density at radius 2 is 1.96 bits per heavy atom. The van der Waals surface area contributed by atoms with Crippen molar-refractivity contribution >= 4 is 39.8 Å². The molecule has 1 aliphatic rings. The van der Waals surface area contributed by atoms with Gasteiger partial charge < -0.3 is 11.5 Å². The van der Waals surface area contributed by atoms with Gasteiger partial charge in [-0.15, -0.1) is 11.8 Å². The maximum atomic E-state index is 11.8. The van der Waals surface area contributed by atoms with E-state index in [0.717, 1.165) is 11.3 Å². The zero-order chi connectivity index (χ0) is 17.6. The topological polar surface area (TPSA) is 136 Å². The van der Waals surface area contributed by atoms with Crippen molar-refractivity contribution in [1.29, 1.82) is 0 Å². The van der Waals surface area contributed by atoms with Crippen molar-refractivity contribution < 1.29 is 17.8 Å². The Morgan fingerprint density at radius 1 is 1.35 bits per heavy atom. The molecule has 0 radical (unpaired) electrons. The van der Waals surface area contributed by atoms with Gasteiger partial charge in [0.2, 0.25) is 0 Å². The van der Waals surface area contributed by atoms with Crippen molar-refractivity contribution in [3.05, 3.63) is 34.9 Å². The molecule has 0 spiro atoms. The summed E-state index contributed by atoms with van der Waals surface area (Å²) in [7, 11) is -3.67. The molecule has 1 heterocycles. The predicted octanol–water partition coefficient (Wildman–Crippen LogP) is 1.18. The molecule has 1 aromatic rings. The number of hydrogen-bond donors (Lipinski definition) is 3. The number of hydrogen-bond acceptors (Lipinski definition) is 4. The fourth-order valence-electron chi connectivity index (χ4n) is 1.87. The fraction of sp³-hybridized carbons (Fsp3) is 0.286. The summed E-state index contributed by atoms with van der Waals surface area (Å²) >= 11 is 1.76. The lowest BCUT2D eigenvalue weighted by molar-refractivity contribution is -0.114. The summed E-state index contributed by atoms with van der Waals surface area (Å²) in [5, 5.41) is 0. The third-order valence-corrected chi connectivity index (χ3v) is 3.95. The first-order valence-corrected chi connectivity index (χ1v) is 9.40. The molecule has 0 atom stereocenters. The first-order valence-electron chi connectivity index (χ1n) is 6.57. The van der Waals surface area contributed by atoms with E-state index in [-0.39, 0.29) is 11.9 Å². The van der Waals surface area contributed by atoms with Crippen molar-refractivity contribution in [2.24, 2.45) is 16.5 Å². The normalized spacial score (nSPS) is 13.6. The summed E-state index contributed by atoms with van der Waals surface area (Å²) in [4.78, 5) is 16.7. The minimum atomic E-state index is -3.67. The van der Waals surface area contributed by atoms with Gasteiger partial charge >= 0.3 is 0 Å². The Kier molecular flexibility index (Phi) is 6.79. The van der Waals surface area contributed by atoms with E-state index in [0.29, 0.717) is 18.2 Å². The molecule has 0 saturated heterocycles. The molecule has 2 rings (SSSR count). The van der Waals surface area contributed by atoms with Crippen LogP contribution in [0.1, 0.15) is 17.5 Å². The number of rotatable bonds is 1. The molecule has 7 nitrogen and oxygen atoms in total. The highest BCUT2D eigenvalue weighted by Crippen LogP contribution is 2.33. The van der Waals surface area contributed by atoms with Crippen molar-refractivity contribution in [1.82, 2.24) is 0 Å². The Morgan fingerprint density at radius 3 is 2.52 bits per heavy atom. The maximum absolute atomic E-state index is 11.8. The molecule has 126 valence electrons. The highest BCUT2D eigenvalue weighted by Gasteiger charge is 2.15. The molecule has 0 aromatic heterocycles. The fourth-order valence-corrected chi connectivity index (χ4v) is 2.98. The molecule has 0 bridgehead atoms. The second-order valence-corrected chi connectivity index (χ2v) is 7.41. The monoisotopic (exact) mass is 357 g/mol. The average molecular weight is 357 g/mol. The van der Waals surface area contributed by atoms with Gasteiger partial charge in [-0.2, -0.15) is 13.4 Å². The number of carbonyl (C=O) groups is 1. The lowest BCUT2D eigenvalue weighted by Crippen LogP contribution is -2.24. The van der Waals surface area contributed by atoms with Crippen molar-refractivity contribution in [2.75, 3.05) is 12.0 Å². The van der Waals surface area contributed by atoms with Gasteiger partial charge in [-0.3, -0.25) is 9.35 Å². The van der Waals surface area contributed by atoms with Gasteiger partial charge in [-0.1, -0.05) is 18.2 Å². The van der Waals surface area contributed by atoms with Gasteiger partial charge in [-0.25, -0.2) is 0 Å². The number of nitrogens with two attached hydrogens (primary N) is 2.